The minimum Gasteiger partial charge on any atom is -0.394 e. The number of nitrogens with zero attached hydrogens (tertiary/aromatic N) is 2. The highest BCUT2D eigenvalue weighted by molar-refractivity contribution is 5.36. The van der Waals surface area contributed by atoms with Gasteiger partial charge in [0.05, 0.1) is 12.6 Å². The van der Waals surface area contributed by atoms with Gasteiger partial charge < -0.3 is 10.4 Å². The van der Waals surface area contributed by atoms with E-state index in [1.54, 1.807) is 6.33 Å². The molecule has 76 valence electrons. The van der Waals surface area contributed by atoms with Crippen molar-refractivity contribution in [1.29, 1.82) is 0 Å². The number of aliphatic hydroxyl groups excluding tert-OH is 1. The van der Waals surface area contributed by atoms with E-state index < -0.39 is 0 Å². The Hall–Kier alpha value is -1.16. The smallest absolute Gasteiger partial charge is 0.129 e. The highest BCUT2D eigenvalue weighted by Crippen LogP contribution is 2.33. The van der Waals surface area contributed by atoms with Crippen LogP contribution < -0.4 is 5.32 Å². The normalized spacial score (nSPS) is 17.9. The summed E-state index contributed by atoms with van der Waals surface area (Å²) in [7, 11) is 0. The molecular weight excluding hydrogens is 178 g/mol. The average molecular weight is 193 g/mol. The Labute approximate surface area is 83.4 Å². The molecule has 2 rings (SSSR count). The molecule has 0 bridgehead atoms. The Morgan fingerprint density at radius 3 is 2.93 bits per heavy atom. The molecule has 1 fully saturated rings. The molecule has 0 radical (unpaired) electrons. The van der Waals surface area contributed by atoms with Gasteiger partial charge in [-0.3, -0.25) is 0 Å². The van der Waals surface area contributed by atoms with Crippen LogP contribution in [0.3, 0.4) is 0 Å². The summed E-state index contributed by atoms with van der Waals surface area (Å²) in [6, 6.07) is 2.05. The fraction of sp³-hybridized carbons (Fsp3) is 0.600. The van der Waals surface area contributed by atoms with Crippen LogP contribution in [-0.4, -0.2) is 27.7 Å². The third-order valence-corrected chi connectivity index (χ3v) is 2.52. The standard InChI is InChI=1S/C10H15N3O/c1-7-4-10(12-6-11-7)13-9(5-14)8-2-3-8/h4,6,8-9,14H,2-3,5H2,1H3,(H,11,12,13). The van der Waals surface area contributed by atoms with E-state index in [9.17, 15) is 0 Å². The minimum absolute atomic E-state index is 0.157. The van der Waals surface area contributed by atoms with Gasteiger partial charge >= 0.3 is 0 Å². The van der Waals surface area contributed by atoms with Crippen molar-refractivity contribution >= 4 is 5.82 Å². The maximum Gasteiger partial charge on any atom is 0.129 e. The van der Waals surface area contributed by atoms with Gasteiger partial charge in [0.1, 0.15) is 12.1 Å². The molecule has 0 aliphatic heterocycles. The number of anilines is 1. The maximum absolute atomic E-state index is 9.16. The monoisotopic (exact) mass is 193 g/mol. The van der Waals surface area contributed by atoms with E-state index >= 15 is 0 Å². The first-order chi connectivity index (χ1) is 6.79. The van der Waals surface area contributed by atoms with Gasteiger partial charge in [-0.1, -0.05) is 0 Å². The van der Waals surface area contributed by atoms with E-state index in [1.165, 1.54) is 12.8 Å². The van der Waals surface area contributed by atoms with Crippen LogP contribution in [0.2, 0.25) is 0 Å². The van der Waals surface area contributed by atoms with E-state index in [4.69, 9.17) is 5.11 Å². The third-order valence-electron chi connectivity index (χ3n) is 2.52. The summed E-state index contributed by atoms with van der Waals surface area (Å²) in [4.78, 5) is 8.12. The molecule has 2 N–H and O–H groups in total. The van der Waals surface area contributed by atoms with Crippen molar-refractivity contribution in [3.63, 3.8) is 0 Å². The molecule has 1 saturated carbocycles. The molecule has 0 saturated heterocycles. The number of aromatic nitrogens is 2. The molecule has 0 amide bonds. The molecule has 0 aromatic carbocycles. The number of rotatable bonds is 4. The lowest BCUT2D eigenvalue weighted by Crippen LogP contribution is -2.26. The first-order valence-corrected chi connectivity index (χ1v) is 4.95. The number of hydrogen-bond acceptors (Lipinski definition) is 4. The molecule has 1 aromatic heterocycles. The predicted octanol–water partition coefficient (Wildman–Crippen LogP) is 0.968. The molecule has 1 aliphatic carbocycles. The van der Waals surface area contributed by atoms with Crippen molar-refractivity contribution in [2.75, 3.05) is 11.9 Å². The van der Waals surface area contributed by atoms with E-state index in [2.05, 4.69) is 15.3 Å². The van der Waals surface area contributed by atoms with Crippen molar-refractivity contribution in [2.45, 2.75) is 25.8 Å². The topological polar surface area (TPSA) is 58.0 Å². The second-order valence-electron chi connectivity index (χ2n) is 3.82. The van der Waals surface area contributed by atoms with Crippen LogP contribution in [0.25, 0.3) is 0 Å². The van der Waals surface area contributed by atoms with Gasteiger partial charge in [0, 0.05) is 11.8 Å². The van der Waals surface area contributed by atoms with Crippen molar-refractivity contribution in [1.82, 2.24) is 9.97 Å². The third kappa shape index (κ3) is 2.20. The highest BCUT2D eigenvalue weighted by Gasteiger charge is 2.30. The number of nitrogens with one attached hydrogen (secondary N) is 1. The van der Waals surface area contributed by atoms with E-state index in [-0.39, 0.29) is 12.6 Å². The van der Waals surface area contributed by atoms with Gasteiger partial charge in [0.25, 0.3) is 0 Å². The summed E-state index contributed by atoms with van der Waals surface area (Å²) in [5, 5.41) is 12.4. The summed E-state index contributed by atoms with van der Waals surface area (Å²) in [5.74, 6) is 1.43. The van der Waals surface area contributed by atoms with Crippen molar-refractivity contribution in [2.24, 2.45) is 5.92 Å². The second kappa shape index (κ2) is 3.92. The Bertz CT molecular complexity index is 312. The Balaban J connectivity index is 2.01. The molecule has 14 heavy (non-hydrogen) atoms. The first-order valence-electron chi connectivity index (χ1n) is 4.95. The molecule has 1 atom stereocenters. The zero-order chi connectivity index (χ0) is 9.97. The number of aliphatic hydroxyl groups is 1. The van der Waals surface area contributed by atoms with E-state index in [1.807, 2.05) is 13.0 Å². The molecular formula is C10H15N3O. The Morgan fingerprint density at radius 2 is 2.36 bits per heavy atom. The molecule has 4 heteroatoms. The lowest BCUT2D eigenvalue weighted by Gasteiger charge is -2.15. The number of hydrogen-bond donors (Lipinski definition) is 2. The highest BCUT2D eigenvalue weighted by atomic mass is 16.3. The van der Waals surface area contributed by atoms with E-state index in [0.29, 0.717) is 5.92 Å². The summed E-state index contributed by atoms with van der Waals surface area (Å²) in [6.07, 6.45) is 3.96. The van der Waals surface area contributed by atoms with Gasteiger partial charge in [0.15, 0.2) is 0 Å². The SMILES string of the molecule is Cc1cc(NC(CO)C2CC2)ncn1. The average Bonchev–Trinajstić information content (AvgIpc) is 2.97. The zero-order valence-corrected chi connectivity index (χ0v) is 8.27. The second-order valence-corrected chi connectivity index (χ2v) is 3.82. The van der Waals surface area contributed by atoms with Crippen molar-refractivity contribution < 1.29 is 5.11 Å². The molecule has 1 aromatic rings. The fourth-order valence-corrected chi connectivity index (χ4v) is 1.53. The van der Waals surface area contributed by atoms with Gasteiger partial charge in [-0.25, -0.2) is 9.97 Å². The summed E-state index contributed by atoms with van der Waals surface area (Å²) in [5.41, 5.74) is 0.940. The number of aryl methyl sites for hydroxylation is 1. The summed E-state index contributed by atoms with van der Waals surface area (Å²) >= 11 is 0. The van der Waals surface area contributed by atoms with Gasteiger partial charge in [0.2, 0.25) is 0 Å². The van der Waals surface area contributed by atoms with Crippen LogP contribution in [-0.2, 0) is 0 Å². The van der Waals surface area contributed by atoms with Gasteiger partial charge in [-0.2, -0.15) is 0 Å². The van der Waals surface area contributed by atoms with Gasteiger partial charge in [-0.05, 0) is 25.7 Å². The fourth-order valence-electron chi connectivity index (χ4n) is 1.53. The predicted molar refractivity (Wildman–Crippen MR) is 54.0 cm³/mol. The lowest BCUT2D eigenvalue weighted by molar-refractivity contribution is 0.263. The van der Waals surface area contributed by atoms with Crippen LogP contribution in [0.1, 0.15) is 18.5 Å². The molecule has 4 nitrogen and oxygen atoms in total. The van der Waals surface area contributed by atoms with Crippen molar-refractivity contribution in [3.05, 3.63) is 18.1 Å². The lowest BCUT2D eigenvalue weighted by atomic mass is 10.2. The quantitative estimate of drug-likeness (QED) is 0.748. The van der Waals surface area contributed by atoms with Crippen LogP contribution >= 0.6 is 0 Å². The van der Waals surface area contributed by atoms with Crippen LogP contribution in [0.4, 0.5) is 5.82 Å². The Kier molecular flexibility index (Phi) is 2.63. The Morgan fingerprint density at radius 1 is 1.57 bits per heavy atom. The molecule has 0 spiro atoms. The first kappa shape index (κ1) is 9.40. The molecule has 1 unspecified atom stereocenters. The van der Waals surface area contributed by atoms with Gasteiger partial charge in [-0.15, -0.1) is 0 Å². The largest absolute Gasteiger partial charge is 0.394 e. The molecule has 1 aliphatic rings. The van der Waals surface area contributed by atoms with Crippen LogP contribution in [0, 0.1) is 12.8 Å². The summed E-state index contributed by atoms with van der Waals surface area (Å²) < 4.78 is 0. The summed E-state index contributed by atoms with van der Waals surface area (Å²) in [6.45, 7) is 2.10. The molecule has 1 heterocycles. The zero-order valence-electron chi connectivity index (χ0n) is 8.27. The minimum atomic E-state index is 0.157. The van der Waals surface area contributed by atoms with Crippen LogP contribution in [0.15, 0.2) is 12.4 Å². The van der Waals surface area contributed by atoms with Crippen LogP contribution in [0.5, 0.6) is 0 Å². The maximum atomic E-state index is 9.16. The van der Waals surface area contributed by atoms with Crippen molar-refractivity contribution in [3.8, 4) is 0 Å². The van der Waals surface area contributed by atoms with E-state index in [0.717, 1.165) is 11.5 Å².